The summed E-state index contributed by atoms with van der Waals surface area (Å²) in [7, 11) is 0. The molecule has 1 fully saturated rings. The summed E-state index contributed by atoms with van der Waals surface area (Å²) in [6.45, 7) is 5.65. The molecule has 0 radical (unpaired) electrons. The lowest BCUT2D eigenvalue weighted by atomic mass is 10.2. The molecule has 0 amide bonds. The Bertz CT molecular complexity index is 329. The van der Waals surface area contributed by atoms with E-state index in [-0.39, 0.29) is 6.54 Å². The Morgan fingerprint density at radius 1 is 1.61 bits per heavy atom. The summed E-state index contributed by atoms with van der Waals surface area (Å²) in [5, 5.41) is 11.4. The van der Waals surface area contributed by atoms with Gasteiger partial charge in [-0.25, -0.2) is 0 Å². The van der Waals surface area contributed by atoms with E-state index >= 15 is 0 Å². The first-order valence-corrected chi connectivity index (χ1v) is 7.91. The molecule has 1 aliphatic rings. The highest BCUT2D eigenvalue weighted by molar-refractivity contribution is 7.99. The minimum atomic E-state index is -0.556. The van der Waals surface area contributed by atoms with Crippen LogP contribution in [0.2, 0.25) is 0 Å². The van der Waals surface area contributed by atoms with Crippen LogP contribution in [0.15, 0.2) is 4.99 Å². The Kier molecular flexibility index (Phi) is 6.07. The highest BCUT2D eigenvalue weighted by Gasteiger charge is 2.25. The topological polar surface area (TPSA) is 47.9 Å². The van der Waals surface area contributed by atoms with Gasteiger partial charge in [0.15, 0.2) is 0 Å². The van der Waals surface area contributed by atoms with Crippen LogP contribution < -0.4 is 5.11 Å². The van der Waals surface area contributed by atoms with Crippen molar-refractivity contribution in [2.75, 3.05) is 23.9 Å². The van der Waals surface area contributed by atoms with Crippen LogP contribution in [0.5, 0.6) is 0 Å². The van der Waals surface area contributed by atoms with Gasteiger partial charge in [-0.1, -0.05) is 33.0 Å². The molecule has 0 aromatic rings. The van der Waals surface area contributed by atoms with Crippen molar-refractivity contribution < 1.29 is 9.84 Å². The molecule has 1 heterocycles. The number of aliphatic imine (C=N–C) groups is 1. The average Bonchev–Trinajstić information content (AvgIpc) is 2.71. The van der Waals surface area contributed by atoms with Crippen molar-refractivity contribution in [3.05, 3.63) is 0 Å². The van der Waals surface area contributed by atoms with Gasteiger partial charge >= 0.3 is 0 Å². The first-order chi connectivity index (χ1) is 8.33. The van der Waals surface area contributed by atoms with Crippen molar-refractivity contribution >= 4 is 47.7 Å². The molecule has 1 saturated heterocycles. The third-order valence-corrected chi connectivity index (χ3v) is 4.12. The first-order valence-electron chi connectivity index (χ1n) is 5.72. The van der Waals surface area contributed by atoms with Gasteiger partial charge in [-0.15, -0.1) is 11.8 Å². The zero-order valence-electron chi connectivity index (χ0n) is 10.9. The van der Waals surface area contributed by atoms with Crippen molar-refractivity contribution in [3.8, 4) is 0 Å². The molecule has 0 aromatic heterocycles. The van der Waals surface area contributed by atoms with Crippen molar-refractivity contribution in [1.29, 1.82) is 0 Å². The second-order valence-corrected chi connectivity index (χ2v) is 6.83. The van der Waals surface area contributed by atoms with Gasteiger partial charge in [0.25, 0.3) is 0 Å². The van der Waals surface area contributed by atoms with Crippen LogP contribution in [0.4, 0.5) is 0 Å². The van der Waals surface area contributed by atoms with E-state index < -0.39 is 11.7 Å². The van der Waals surface area contributed by atoms with Crippen LogP contribution in [0, 0.1) is 0 Å². The summed E-state index contributed by atoms with van der Waals surface area (Å²) in [4.78, 5) is 6.61. The third-order valence-electron chi connectivity index (χ3n) is 2.25. The van der Waals surface area contributed by atoms with E-state index in [1.807, 2.05) is 32.5 Å². The smallest absolute Gasteiger partial charge is 0.146 e. The largest absolute Gasteiger partial charge is 0.595 e. The molecule has 18 heavy (non-hydrogen) atoms. The van der Waals surface area contributed by atoms with E-state index in [0.29, 0.717) is 11.0 Å². The molecule has 0 aliphatic carbocycles. The predicted molar refractivity (Wildman–Crippen MR) is 82.5 cm³/mol. The predicted octanol–water partition coefficient (Wildman–Crippen LogP) is 1.15. The number of hydrogen-bond acceptors (Lipinski definition) is 6. The molecule has 1 unspecified atom stereocenters. The summed E-state index contributed by atoms with van der Waals surface area (Å²) >= 11 is 11.4. The van der Waals surface area contributed by atoms with Crippen LogP contribution in [-0.2, 0) is 4.74 Å². The minimum Gasteiger partial charge on any atom is -0.595 e. The van der Waals surface area contributed by atoms with Gasteiger partial charge < -0.3 is 14.7 Å². The quantitative estimate of drug-likeness (QED) is 0.367. The molecular weight excluding hydrogens is 288 g/mol. The summed E-state index contributed by atoms with van der Waals surface area (Å²) in [6, 6.07) is 0.347. The fourth-order valence-electron chi connectivity index (χ4n) is 1.43. The summed E-state index contributed by atoms with van der Waals surface area (Å²) in [5.41, 5.74) is -0.515. The monoisotopic (exact) mass is 307 g/mol. The molecule has 1 rings (SSSR count). The van der Waals surface area contributed by atoms with Crippen molar-refractivity contribution in [3.63, 3.8) is 0 Å². The number of thiol groups is 1. The van der Waals surface area contributed by atoms with Crippen LogP contribution in [-0.4, -0.2) is 51.5 Å². The Morgan fingerprint density at radius 2 is 2.28 bits per heavy atom. The average molecular weight is 307 g/mol. The summed E-state index contributed by atoms with van der Waals surface area (Å²) < 4.78 is 5.10. The van der Waals surface area contributed by atoms with E-state index in [2.05, 4.69) is 22.5 Å². The maximum Gasteiger partial charge on any atom is 0.146 e. The van der Waals surface area contributed by atoms with Gasteiger partial charge in [0, 0.05) is 23.1 Å². The van der Waals surface area contributed by atoms with E-state index in [4.69, 9.17) is 17.0 Å². The van der Waals surface area contributed by atoms with Crippen LogP contribution in [0.3, 0.4) is 0 Å². The Labute approximate surface area is 124 Å². The normalized spacial score (nSPS) is 21.2. The fourth-order valence-corrected chi connectivity index (χ4v) is 3.53. The Balaban J connectivity index is 2.47. The molecule has 4 nitrogen and oxygen atoms in total. The molecule has 1 aliphatic heterocycles. The zero-order chi connectivity index (χ0) is 13.8. The molecule has 104 valence electrons. The molecule has 0 bridgehead atoms. The van der Waals surface area contributed by atoms with Crippen LogP contribution in [0.1, 0.15) is 20.8 Å². The van der Waals surface area contributed by atoms with E-state index in [1.54, 1.807) is 0 Å². The number of thiocarbonyl (C=S) groups is 1. The summed E-state index contributed by atoms with van der Waals surface area (Å²) in [5.74, 6) is 2.64. The molecule has 7 heteroatoms. The SMILES string of the molecule is CC(C)(C)OC([O-])=NCC(=S)N1CSCC1CS. The molecule has 0 aromatic carbocycles. The third kappa shape index (κ3) is 5.24. The Morgan fingerprint density at radius 3 is 2.83 bits per heavy atom. The fraction of sp³-hybridized carbons (Fsp3) is 0.818. The maximum absolute atomic E-state index is 11.4. The lowest BCUT2D eigenvalue weighted by molar-refractivity contribution is -0.260. The van der Waals surface area contributed by atoms with E-state index in [1.165, 1.54) is 0 Å². The van der Waals surface area contributed by atoms with Gasteiger partial charge in [-0.2, -0.15) is 12.6 Å². The second kappa shape index (κ2) is 6.86. The van der Waals surface area contributed by atoms with Crippen molar-refractivity contribution in [1.82, 2.24) is 4.90 Å². The number of rotatable bonds is 3. The number of nitrogens with zero attached hydrogens (tertiary/aromatic N) is 2. The highest BCUT2D eigenvalue weighted by atomic mass is 32.2. The molecule has 0 spiro atoms. The minimum absolute atomic E-state index is 0.217. The second-order valence-electron chi connectivity index (χ2n) is 5.00. The van der Waals surface area contributed by atoms with E-state index in [0.717, 1.165) is 17.4 Å². The number of thioether (sulfide) groups is 1. The standard InChI is InChI=1S/C11H20N2O2S3/c1-11(2,3)15-10(14)12-4-9(17)13-7-18-6-8(13)5-16/h8,16H,4-7H2,1-3H3,(H,12,14)/p-1. The van der Waals surface area contributed by atoms with Crippen molar-refractivity contribution in [2.24, 2.45) is 4.99 Å². The highest BCUT2D eigenvalue weighted by Crippen LogP contribution is 2.22. The van der Waals surface area contributed by atoms with Gasteiger partial charge in [0.1, 0.15) is 11.1 Å². The molecular formula is C11H19N2O2S3-. The zero-order valence-corrected chi connectivity index (χ0v) is 13.4. The van der Waals surface area contributed by atoms with Crippen LogP contribution >= 0.6 is 36.6 Å². The van der Waals surface area contributed by atoms with Gasteiger partial charge in [-0.3, -0.25) is 4.99 Å². The number of hydrogen-bond donors (Lipinski definition) is 1. The summed E-state index contributed by atoms with van der Waals surface area (Å²) in [6.07, 6.45) is -0.556. The van der Waals surface area contributed by atoms with Crippen LogP contribution in [0.25, 0.3) is 0 Å². The lowest BCUT2D eigenvalue weighted by Gasteiger charge is -2.30. The van der Waals surface area contributed by atoms with Gasteiger partial charge in [0.05, 0.1) is 12.4 Å². The Hall–Kier alpha value is -0.140. The number of ether oxygens (including phenoxy) is 1. The maximum atomic E-state index is 11.4. The van der Waals surface area contributed by atoms with E-state index in [9.17, 15) is 5.11 Å². The molecule has 0 N–H and O–H groups in total. The van der Waals surface area contributed by atoms with Gasteiger partial charge in [-0.05, 0) is 0 Å². The van der Waals surface area contributed by atoms with Gasteiger partial charge in [0.2, 0.25) is 0 Å². The first kappa shape index (κ1) is 15.9. The van der Waals surface area contributed by atoms with Crippen molar-refractivity contribution in [2.45, 2.75) is 32.4 Å². The molecule has 1 atom stereocenters. The lowest BCUT2D eigenvalue weighted by Crippen LogP contribution is -2.39. The molecule has 0 saturated carbocycles.